The van der Waals surface area contributed by atoms with E-state index in [1.54, 1.807) is 11.8 Å². The van der Waals surface area contributed by atoms with Crippen molar-refractivity contribution < 1.29 is 28.6 Å². The van der Waals surface area contributed by atoms with Gasteiger partial charge in [0, 0.05) is 36.9 Å². The number of hydrogen-bond acceptors (Lipinski definition) is 7. The maximum absolute atomic E-state index is 12.7. The van der Waals surface area contributed by atoms with Gasteiger partial charge < -0.3 is 23.9 Å². The second-order valence-corrected chi connectivity index (χ2v) is 7.88. The number of nitrogens with zero attached hydrogens (tertiary/aromatic N) is 1. The van der Waals surface area contributed by atoms with Gasteiger partial charge in [0.2, 0.25) is 0 Å². The first-order valence-electron chi connectivity index (χ1n) is 10.9. The predicted octanol–water partition coefficient (Wildman–Crippen LogP) is 3.35. The van der Waals surface area contributed by atoms with Gasteiger partial charge in [-0.1, -0.05) is 30.3 Å². The molecule has 8 nitrogen and oxygen atoms in total. The van der Waals surface area contributed by atoms with Crippen molar-refractivity contribution >= 4 is 22.8 Å². The van der Waals surface area contributed by atoms with Crippen LogP contribution in [0.5, 0.6) is 11.5 Å². The number of esters is 1. The fourth-order valence-corrected chi connectivity index (χ4v) is 3.96. The van der Waals surface area contributed by atoms with E-state index in [1.165, 1.54) is 18.2 Å². The highest BCUT2D eigenvalue weighted by Gasteiger charge is 2.29. The fraction of sp³-hybridized carbons (Fsp3) is 0.320. The monoisotopic (exact) mass is 451 g/mol. The Bertz CT molecular complexity index is 1220. The molecule has 1 aliphatic rings. The van der Waals surface area contributed by atoms with Crippen LogP contribution in [0.15, 0.2) is 57.7 Å². The lowest BCUT2D eigenvalue weighted by Crippen LogP contribution is -2.44. The molecule has 0 radical (unpaired) electrons. The second-order valence-electron chi connectivity index (χ2n) is 7.88. The van der Waals surface area contributed by atoms with E-state index in [2.05, 4.69) is 0 Å². The Morgan fingerprint density at radius 2 is 1.97 bits per heavy atom. The number of phenols is 1. The molecule has 0 spiro atoms. The fourth-order valence-electron chi connectivity index (χ4n) is 3.96. The minimum atomic E-state index is -0.381. The van der Waals surface area contributed by atoms with Crippen molar-refractivity contribution in [3.05, 3.63) is 58.8 Å². The molecular weight excluding hydrogens is 426 g/mol. The van der Waals surface area contributed by atoms with Gasteiger partial charge in [-0.05, 0) is 19.8 Å². The molecule has 2 aromatic carbocycles. The summed E-state index contributed by atoms with van der Waals surface area (Å²) in [7, 11) is 0. The van der Waals surface area contributed by atoms with Crippen LogP contribution in [-0.4, -0.2) is 48.2 Å². The molecule has 1 aromatic heterocycles. The van der Waals surface area contributed by atoms with Gasteiger partial charge in [-0.25, -0.2) is 0 Å². The van der Waals surface area contributed by atoms with Crippen molar-refractivity contribution in [3.8, 4) is 22.8 Å². The summed E-state index contributed by atoms with van der Waals surface area (Å²) in [6.07, 6.45) is 1.39. The summed E-state index contributed by atoms with van der Waals surface area (Å²) >= 11 is 0. The van der Waals surface area contributed by atoms with Crippen LogP contribution in [0.1, 0.15) is 19.8 Å². The molecule has 0 aliphatic carbocycles. The van der Waals surface area contributed by atoms with E-state index < -0.39 is 0 Å². The Labute approximate surface area is 190 Å². The van der Waals surface area contributed by atoms with Gasteiger partial charge in [0.1, 0.15) is 28.2 Å². The molecule has 1 atom stereocenters. The largest absolute Gasteiger partial charge is 0.507 e. The maximum Gasteiger partial charge on any atom is 0.310 e. The number of aromatic hydroxyl groups is 1. The van der Waals surface area contributed by atoms with E-state index in [0.717, 1.165) is 5.56 Å². The molecule has 3 aromatic rings. The Balaban J connectivity index is 1.50. The zero-order valence-electron chi connectivity index (χ0n) is 18.3. The molecular formula is C25H25NO7. The van der Waals surface area contributed by atoms with Gasteiger partial charge in [0.25, 0.3) is 5.91 Å². The van der Waals surface area contributed by atoms with Gasteiger partial charge in [-0.3, -0.25) is 14.4 Å². The van der Waals surface area contributed by atoms with Crippen LogP contribution in [0.2, 0.25) is 0 Å². The smallest absolute Gasteiger partial charge is 0.310 e. The lowest BCUT2D eigenvalue weighted by Gasteiger charge is -2.31. The van der Waals surface area contributed by atoms with Crippen LogP contribution >= 0.6 is 0 Å². The van der Waals surface area contributed by atoms with E-state index >= 15 is 0 Å². The van der Waals surface area contributed by atoms with Crippen LogP contribution in [0, 0.1) is 5.92 Å². The maximum atomic E-state index is 12.7. The number of hydrogen-bond donors (Lipinski definition) is 1. The van der Waals surface area contributed by atoms with Crippen molar-refractivity contribution in [2.24, 2.45) is 5.92 Å². The first-order chi connectivity index (χ1) is 16.0. The summed E-state index contributed by atoms with van der Waals surface area (Å²) in [4.78, 5) is 38.8. The zero-order valence-corrected chi connectivity index (χ0v) is 18.3. The van der Waals surface area contributed by atoms with E-state index in [0.29, 0.717) is 38.3 Å². The Hall–Kier alpha value is -3.81. The third-order valence-corrected chi connectivity index (χ3v) is 5.60. The van der Waals surface area contributed by atoms with Crippen LogP contribution in [0.25, 0.3) is 22.3 Å². The molecule has 1 amide bonds. The molecule has 4 rings (SSSR count). The summed E-state index contributed by atoms with van der Waals surface area (Å²) in [5.41, 5.74) is 0.497. The van der Waals surface area contributed by atoms with Crippen molar-refractivity contribution in [2.45, 2.75) is 19.8 Å². The minimum absolute atomic E-state index is 0.0432. The normalized spacial score (nSPS) is 15.9. The number of phenolic OH excluding ortho intramolecular Hbond substituents is 1. The van der Waals surface area contributed by atoms with E-state index in [1.807, 2.05) is 30.3 Å². The molecule has 0 saturated carbocycles. The molecule has 0 bridgehead atoms. The molecule has 172 valence electrons. The van der Waals surface area contributed by atoms with E-state index in [9.17, 15) is 19.5 Å². The molecule has 1 fully saturated rings. The molecule has 2 heterocycles. The number of rotatable bonds is 6. The summed E-state index contributed by atoms with van der Waals surface area (Å²) in [5, 5.41) is 10.4. The zero-order chi connectivity index (χ0) is 23.4. The SMILES string of the molecule is CCOC(=O)[C@H]1CCCN(C(=O)COc2cc(O)c3c(=O)cc(-c4ccccc4)oc3c2)C1. The predicted molar refractivity (Wildman–Crippen MR) is 121 cm³/mol. The van der Waals surface area contributed by atoms with Crippen LogP contribution in [0.3, 0.4) is 0 Å². The molecule has 1 saturated heterocycles. The van der Waals surface area contributed by atoms with Gasteiger partial charge in [-0.2, -0.15) is 0 Å². The van der Waals surface area contributed by atoms with Gasteiger partial charge in [0.15, 0.2) is 12.0 Å². The minimum Gasteiger partial charge on any atom is -0.507 e. The highest BCUT2D eigenvalue weighted by atomic mass is 16.5. The number of fused-ring (bicyclic) bond motifs is 1. The summed E-state index contributed by atoms with van der Waals surface area (Å²) in [6, 6.07) is 13.2. The Morgan fingerprint density at radius 3 is 2.73 bits per heavy atom. The number of piperidine rings is 1. The number of likely N-dealkylation sites (tertiary alicyclic amines) is 1. The number of carbonyl (C=O) groups is 2. The molecule has 0 unspecified atom stereocenters. The summed E-state index contributed by atoms with van der Waals surface area (Å²) in [6.45, 7) is 2.61. The second kappa shape index (κ2) is 9.77. The van der Waals surface area contributed by atoms with Crippen LogP contribution in [-0.2, 0) is 14.3 Å². The quantitative estimate of drug-likeness (QED) is 0.573. The lowest BCUT2D eigenvalue weighted by atomic mass is 9.98. The summed E-state index contributed by atoms with van der Waals surface area (Å²) < 4.78 is 16.5. The van der Waals surface area contributed by atoms with Crippen molar-refractivity contribution in [2.75, 3.05) is 26.3 Å². The number of benzene rings is 2. The standard InChI is InChI=1S/C25H25NO7/c1-2-31-25(30)17-9-6-10-26(14-17)23(29)15-32-18-11-19(27)24-20(28)13-21(33-22(24)12-18)16-7-4-3-5-8-16/h3-5,7-8,11-13,17,27H,2,6,9-10,14-15H2,1H3/t17-/m0/s1. The number of carbonyl (C=O) groups excluding carboxylic acids is 2. The average molecular weight is 451 g/mol. The molecule has 8 heteroatoms. The Morgan fingerprint density at radius 1 is 1.18 bits per heavy atom. The third kappa shape index (κ3) is 5.00. The van der Waals surface area contributed by atoms with Crippen LogP contribution < -0.4 is 10.2 Å². The third-order valence-electron chi connectivity index (χ3n) is 5.60. The van der Waals surface area contributed by atoms with Gasteiger partial charge >= 0.3 is 5.97 Å². The van der Waals surface area contributed by atoms with E-state index in [4.69, 9.17) is 13.9 Å². The molecule has 1 aliphatic heterocycles. The average Bonchev–Trinajstić information content (AvgIpc) is 2.83. The summed E-state index contributed by atoms with van der Waals surface area (Å²) in [5.74, 6) is -0.635. The highest BCUT2D eigenvalue weighted by molar-refractivity contribution is 5.86. The van der Waals surface area contributed by atoms with Crippen molar-refractivity contribution in [1.29, 1.82) is 0 Å². The topological polar surface area (TPSA) is 106 Å². The molecule has 33 heavy (non-hydrogen) atoms. The molecule has 1 N–H and O–H groups in total. The first kappa shape index (κ1) is 22.4. The van der Waals surface area contributed by atoms with Crippen molar-refractivity contribution in [3.63, 3.8) is 0 Å². The lowest BCUT2D eigenvalue weighted by molar-refractivity contribution is -0.151. The van der Waals surface area contributed by atoms with Crippen molar-refractivity contribution in [1.82, 2.24) is 4.90 Å². The highest BCUT2D eigenvalue weighted by Crippen LogP contribution is 2.31. The van der Waals surface area contributed by atoms with E-state index in [-0.39, 0.29) is 52.3 Å². The van der Waals surface area contributed by atoms with Gasteiger partial charge in [0.05, 0.1) is 12.5 Å². The Kier molecular flexibility index (Phi) is 6.63. The number of ether oxygens (including phenoxy) is 2. The van der Waals surface area contributed by atoms with Gasteiger partial charge in [-0.15, -0.1) is 0 Å². The first-order valence-corrected chi connectivity index (χ1v) is 10.9. The number of amides is 1. The van der Waals surface area contributed by atoms with Crippen LogP contribution in [0.4, 0.5) is 0 Å².